The molecule has 3 atom stereocenters. The molecule has 2 N–H and O–H groups in total. The lowest BCUT2D eigenvalue weighted by Gasteiger charge is -2.26. The Bertz CT molecular complexity index is 827. The van der Waals surface area contributed by atoms with Crippen molar-refractivity contribution in [2.45, 2.75) is 38.7 Å². The molecule has 2 unspecified atom stereocenters. The first-order valence-electron chi connectivity index (χ1n) is 8.29. The lowest BCUT2D eigenvalue weighted by Crippen LogP contribution is -2.38. The van der Waals surface area contributed by atoms with Gasteiger partial charge < -0.3 is 14.6 Å². The van der Waals surface area contributed by atoms with Crippen molar-refractivity contribution in [1.82, 2.24) is 9.55 Å². The molecule has 0 saturated carbocycles. The van der Waals surface area contributed by atoms with Crippen molar-refractivity contribution in [2.24, 2.45) is 0 Å². The molecule has 0 fully saturated rings. The van der Waals surface area contributed by atoms with E-state index in [1.54, 1.807) is 37.3 Å². The van der Waals surface area contributed by atoms with E-state index in [0.29, 0.717) is 12.0 Å². The third-order valence-electron chi connectivity index (χ3n) is 3.80. The van der Waals surface area contributed by atoms with E-state index < -0.39 is 35.7 Å². The molecule has 0 spiro atoms. The molecule has 8 nitrogen and oxygen atoms in total. The predicted molar refractivity (Wildman–Crippen MR) is 93.9 cm³/mol. The van der Waals surface area contributed by atoms with E-state index in [2.05, 4.69) is 4.98 Å². The molecule has 1 heterocycles. The Labute approximate surface area is 150 Å². The van der Waals surface area contributed by atoms with Gasteiger partial charge in [-0.15, -0.1) is 0 Å². The average Bonchev–Trinajstić information content (AvgIpc) is 2.62. The standard InChI is InChI=1S/C18H22N2O6/c1-3-14(12(2)21)26-16(20-10-9-15(22)19-18(20)24)11-25-17(23)13-7-5-4-6-8-13/h4-10,12,14,16,21H,3,11H2,1-2H3,(H,19,22,24)/t12-,14?,16?/m0/s1. The molecule has 8 heteroatoms. The van der Waals surface area contributed by atoms with Gasteiger partial charge >= 0.3 is 11.7 Å². The normalized spacial score (nSPS) is 14.4. The van der Waals surface area contributed by atoms with Gasteiger partial charge in [0.25, 0.3) is 5.56 Å². The average molecular weight is 362 g/mol. The number of aromatic nitrogens is 2. The van der Waals surface area contributed by atoms with Crippen LogP contribution < -0.4 is 11.2 Å². The van der Waals surface area contributed by atoms with Gasteiger partial charge in [0.05, 0.1) is 17.8 Å². The second kappa shape index (κ2) is 9.12. The summed E-state index contributed by atoms with van der Waals surface area (Å²) >= 11 is 0. The summed E-state index contributed by atoms with van der Waals surface area (Å²) in [4.78, 5) is 37.6. The summed E-state index contributed by atoms with van der Waals surface area (Å²) in [5, 5.41) is 9.80. The Kier molecular flexibility index (Phi) is 6.88. The molecule has 2 rings (SSSR count). The first kappa shape index (κ1) is 19.6. The first-order chi connectivity index (χ1) is 12.4. The number of carbonyl (C=O) groups excluding carboxylic acids is 1. The smallest absolute Gasteiger partial charge is 0.338 e. The van der Waals surface area contributed by atoms with Crippen LogP contribution in [0, 0.1) is 0 Å². The summed E-state index contributed by atoms with van der Waals surface area (Å²) in [6.45, 7) is 3.12. The highest BCUT2D eigenvalue weighted by Gasteiger charge is 2.23. The Balaban J connectivity index is 2.21. The third kappa shape index (κ3) is 5.14. The fraction of sp³-hybridized carbons (Fsp3) is 0.389. The molecule has 140 valence electrons. The summed E-state index contributed by atoms with van der Waals surface area (Å²) in [5.74, 6) is -0.568. The molecule has 0 amide bonds. The number of ether oxygens (including phenoxy) is 2. The van der Waals surface area contributed by atoms with E-state index in [9.17, 15) is 19.5 Å². The first-order valence-corrected chi connectivity index (χ1v) is 8.29. The second-order valence-electron chi connectivity index (χ2n) is 5.76. The van der Waals surface area contributed by atoms with Crippen molar-refractivity contribution in [2.75, 3.05) is 6.61 Å². The highest BCUT2D eigenvalue weighted by Crippen LogP contribution is 2.15. The fourth-order valence-electron chi connectivity index (χ4n) is 2.40. The second-order valence-corrected chi connectivity index (χ2v) is 5.76. The number of aliphatic hydroxyl groups excluding tert-OH is 1. The monoisotopic (exact) mass is 362 g/mol. The van der Waals surface area contributed by atoms with Gasteiger partial charge in [0.2, 0.25) is 0 Å². The minimum Gasteiger partial charge on any atom is -0.457 e. The number of carbonyl (C=O) groups is 1. The maximum atomic E-state index is 12.1. The zero-order valence-corrected chi connectivity index (χ0v) is 14.6. The molecule has 0 radical (unpaired) electrons. The number of hydrogen-bond acceptors (Lipinski definition) is 6. The highest BCUT2D eigenvalue weighted by atomic mass is 16.6. The third-order valence-corrected chi connectivity index (χ3v) is 3.80. The summed E-state index contributed by atoms with van der Waals surface area (Å²) in [7, 11) is 0. The van der Waals surface area contributed by atoms with Crippen molar-refractivity contribution in [3.05, 3.63) is 69.0 Å². The Morgan fingerprint density at radius 2 is 1.92 bits per heavy atom. The van der Waals surface area contributed by atoms with Crippen LogP contribution in [0.1, 0.15) is 36.9 Å². The molecule has 0 aliphatic carbocycles. The Hall–Kier alpha value is -2.71. The molecule has 1 aromatic carbocycles. The lowest BCUT2D eigenvalue weighted by atomic mass is 10.2. The number of aromatic amines is 1. The van der Waals surface area contributed by atoms with Gasteiger partial charge in [-0.25, -0.2) is 9.59 Å². The SMILES string of the molecule is CCC(OC(COC(=O)c1ccccc1)n1ccc(=O)[nH]c1=O)[C@H](C)O. The van der Waals surface area contributed by atoms with E-state index in [0.717, 1.165) is 4.57 Å². The van der Waals surface area contributed by atoms with Crippen molar-refractivity contribution in [3.63, 3.8) is 0 Å². The molecular weight excluding hydrogens is 340 g/mol. The molecule has 0 aliphatic heterocycles. The van der Waals surface area contributed by atoms with Crippen LogP contribution in [-0.2, 0) is 9.47 Å². The zero-order valence-electron chi connectivity index (χ0n) is 14.6. The Morgan fingerprint density at radius 3 is 2.50 bits per heavy atom. The Morgan fingerprint density at radius 1 is 1.23 bits per heavy atom. The molecule has 0 bridgehead atoms. The van der Waals surface area contributed by atoms with Gasteiger partial charge in [-0.2, -0.15) is 0 Å². The van der Waals surface area contributed by atoms with Crippen molar-refractivity contribution in [3.8, 4) is 0 Å². The van der Waals surface area contributed by atoms with Crippen molar-refractivity contribution in [1.29, 1.82) is 0 Å². The number of esters is 1. The van der Waals surface area contributed by atoms with E-state index >= 15 is 0 Å². The van der Waals surface area contributed by atoms with Crippen LogP contribution in [0.5, 0.6) is 0 Å². The van der Waals surface area contributed by atoms with Crippen LogP contribution in [0.15, 0.2) is 52.2 Å². The summed E-state index contributed by atoms with van der Waals surface area (Å²) in [6, 6.07) is 9.57. The summed E-state index contributed by atoms with van der Waals surface area (Å²) in [6.07, 6.45) is -0.609. The van der Waals surface area contributed by atoms with Gasteiger partial charge in [0, 0.05) is 12.3 Å². The molecule has 26 heavy (non-hydrogen) atoms. The van der Waals surface area contributed by atoms with Gasteiger partial charge in [-0.1, -0.05) is 25.1 Å². The predicted octanol–water partition coefficient (Wildman–Crippen LogP) is 1.07. The minimum absolute atomic E-state index is 0.261. The summed E-state index contributed by atoms with van der Waals surface area (Å²) < 4.78 is 12.1. The number of nitrogens with one attached hydrogen (secondary N) is 1. The van der Waals surface area contributed by atoms with Crippen LogP contribution in [0.25, 0.3) is 0 Å². The van der Waals surface area contributed by atoms with Crippen molar-refractivity contribution < 1.29 is 19.4 Å². The van der Waals surface area contributed by atoms with Crippen LogP contribution in [0.3, 0.4) is 0 Å². The van der Waals surface area contributed by atoms with Crippen molar-refractivity contribution >= 4 is 5.97 Å². The number of benzene rings is 1. The van der Waals surface area contributed by atoms with Crippen LogP contribution in [-0.4, -0.2) is 39.4 Å². The minimum atomic E-state index is -0.994. The number of nitrogens with zero attached hydrogens (tertiary/aromatic N) is 1. The zero-order chi connectivity index (χ0) is 19.1. The molecule has 0 aliphatic rings. The quantitative estimate of drug-likeness (QED) is 0.680. The van der Waals surface area contributed by atoms with Crippen LogP contribution in [0.4, 0.5) is 0 Å². The van der Waals surface area contributed by atoms with E-state index in [1.165, 1.54) is 12.3 Å². The van der Waals surface area contributed by atoms with Gasteiger partial charge in [-0.05, 0) is 25.5 Å². The van der Waals surface area contributed by atoms with E-state index in [1.807, 2.05) is 6.92 Å². The fourth-order valence-corrected chi connectivity index (χ4v) is 2.40. The molecule has 0 saturated heterocycles. The molecule has 1 aromatic heterocycles. The molecule has 2 aromatic rings. The van der Waals surface area contributed by atoms with E-state index in [4.69, 9.17) is 9.47 Å². The largest absolute Gasteiger partial charge is 0.457 e. The maximum absolute atomic E-state index is 12.1. The number of hydrogen-bond donors (Lipinski definition) is 2. The van der Waals surface area contributed by atoms with Gasteiger partial charge in [-0.3, -0.25) is 14.3 Å². The molecular formula is C18H22N2O6. The number of aliphatic hydroxyl groups is 1. The van der Waals surface area contributed by atoms with Crippen LogP contribution >= 0.6 is 0 Å². The number of H-pyrrole nitrogens is 1. The maximum Gasteiger partial charge on any atom is 0.338 e. The van der Waals surface area contributed by atoms with Gasteiger partial charge in [0.15, 0.2) is 6.23 Å². The topological polar surface area (TPSA) is 111 Å². The van der Waals surface area contributed by atoms with E-state index in [-0.39, 0.29) is 6.61 Å². The van der Waals surface area contributed by atoms with Gasteiger partial charge in [0.1, 0.15) is 6.61 Å². The lowest BCUT2D eigenvalue weighted by molar-refractivity contribution is -0.122. The highest BCUT2D eigenvalue weighted by molar-refractivity contribution is 5.89. The van der Waals surface area contributed by atoms with Crippen LogP contribution in [0.2, 0.25) is 0 Å². The number of rotatable bonds is 8. The summed E-state index contributed by atoms with van der Waals surface area (Å²) in [5.41, 5.74) is -0.879.